The zero-order valence-corrected chi connectivity index (χ0v) is 23.3. The summed E-state index contributed by atoms with van der Waals surface area (Å²) in [7, 11) is 0. The Balaban J connectivity index is 1.42. The Hall–Kier alpha value is -5.80. The van der Waals surface area contributed by atoms with Gasteiger partial charge in [-0.15, -0.1) is 0 Å². The number of hydrogen-bond acceptors (Lipinski definition) is 2. The molecule has 0 aliphatic rings. The van der Waals surface area contributed by atoms with Crippen molar-refractivity contribution in [2.24, 2.45) is 0 Å². The fourth-order valence-corrected chi connectivity index (χ4v) is 6.59. The third-order valence-electron chi connectivity index (χ3n) is 8.57. The molecule has 9 rings (SSSR count). The fraction of sp³-hybridized carbons (Fsp3) is 0. The van der Waals surface area contributed by atoms with Crippen molar-refractivity contribution < 1.29 is 0 Å². The van der Waals surface area contributed by atoms with Crippen molar-refractivity contribution in [2.75, 3.05) is 0 Å². The Morgan fingerprint density at radius 1 is 0.395 bits per heavy atom. The van der Waals surface area contributed by atoms with Gasteiger partial charge in [0.15, 0.2) is 5.82 Å². The number of hydrogen-bond donors (Lipinski definition) is 0. The average molecular weight is 548 g/mol. The molecule has 2 aromatic heterocycles. The van der Waals surface area contributed by atoms with E-state index in [1.54, 1.807) is 0 Å². The van der Waals surface area contributed by atoms with Crippen LogP contribution in [-0.4, -0.2) is 14.5 Å². The van der Waals surface area contributed by atoms with Crippen LogP contribution in [0.4, 0.5) is 0 Å². The van der Waals surface area contributed by atoms with Gasteiger partial charge in [0.1, 0.15) is 5.69 Å². The topological polar surface area (TPSA) is 30.7 Å². The van der Waals surface area contributed by atoms with Crippen molar-refractivity contribution in [1.29, 1.82) is 0 Å². The van der Waals surface area contributed by atoms with E-state index < -0.39 is 0 Å². The molecular formula is C40H25N3. The maximum atomic E-state index is 5.36. The fourth-order valence-electron chi connectivity index (χ4n) is 6.59. The highest BCUT2D eigenvalue weighted by molar-refractivity contribution is 6.14. The van der Waals surface area contributed by atoms with Crippen LogP contribution in [0.2, 0.25) is 0 Å². The number of rotatable bonds is 3. The molecule has 0 N–H and O–H groups in total. The van der Waals surface area contributed by atoms with Crippen molar-refractivity contribution in [3.8, 4) is 28.2 Å². The van der Waals surface area contributed by atoms with Crippen molar-refractivity contribution >= 4 is 54.4 Å². The van der Waals surface area contributed by atoms with Crippen LogP contribution in [0, 0.1) is 0 Å². The number of aromatic nitrogens is 3. The minimum Gasteiger partial charge on any atom is -0.292 e. The molecule has 0 saturated carbocycles. The second-order valence-electron chi connectivity index (χ2n) is 11.0. The van der Waals surface area contributed by atoms with Crippen LogP contribution in [-0.2, 0) is 0 Å². The van der Waals surface area contributed by atoms with Crippen LogP contribution < -0.4 is 0 Å². The van der Waals surface area contributed by atoms with E-state index in [2.05, 4.69) is 144 Å². The van der Waals surface area contributed by atoms with Gasteiger partial charge in [0.2, 0.25) is 0 Å². The van der Waals surface area contributed by atoms with Crippen molar-refractivity contribution in [1.82, 2.24) is 14.5 Å². The Morgan fingerprint density at radius 2 is 0.977 bits per heavy atom. The molecule has 3 nitrogen and oxygen atoms in total. The summed E-state index contributed by atoms with van der Waals surface area (Å²) in [4.78, 5) is 10.7. The normalized spacial score (nSPS) is 11.7. The van der Waals surface area contributed by atoms with Crippen LogP contribution in [0.25, 0.3) is 82.6 Å². The van der Waals surface area contributed by atoms with Gasteiger partial charge in [-0.2, -0.15) is 0 Å². The van der Waals surface area contributed by atoms with E-state index in [1.807, 2.05) is 12.1 Å². The summed E-state index contributed by atoms with van der Waals surface area (Å²) in [6.07, 6.45) is 0. The van der Waals surface area contributed by atoms with Crippen LogP contribution >= 0.6 is 0 Å². The van der Waals surface area contributed by atoms with E-state index in [0.29, 0.717) is 0 Å². The molecule has 200 valence electrons. The molecule has 0 bridgehead atoms. The van der Waals surface area contributed by atoms with Gasteiger partial charge < -0.3 is 0 Å². The van der Waals surface area contributed by atoms with Crippen molar-refractivity contribution in [2.45, 2.75) is 0 Å². The highest BCUT2D eigenvalue weighted by atomic mass is 15.1. The third-order valence-corrected chi connectivity index (χ3v) is 8.57. The molecule has 0 aliphatic carbocycles. The molecule has 0 aliphatic heterocycles. The molecule has 7 aromatic carbocycles. The summed E-state index contributed by atoms with van der Waals surface area (Å²) in [5, 5.41) is 7.19. The first kappa shape index (κ1) is 23.9. The van der Waals surface area contributed by atoms with E-state index >= 15 is 0 Å². The van der Waals surface area contributed by atoms with Gasteiger partial charge in [0.25, 0.3) is 0 Å². The highest BCUT2D eigenvalue weighted by Crippen LogP contribution is 2.40. The summed E-state index contributed by atoms with van der Waals surface area (Å²) in [6.45, 7) is 0. The third kappa shape index (κ3) is 3.68. The van der Waals surface area contributed by atoms with Crippen molar-refractivity contribution in [3.05, 3.63) is 152 Å². The maximum Gasteiger partial charge on any atom is 0.165 e. The maximum absolute atomic E-state index is 5.36. The first-order chi connectivity index (χ1) is 21.3. The lowest BCUT2D eigenvalue weighted by Gasteiger charge is -2.16. The Kier molecular flexibility index (Phi) is 5.20. The van der Waals surface area contributed by atoms with E-state index in [0.717, 1.165) is 44.5 Å². The van der Waals surface area contributed by atoms with Gasteiger partial charge in [-0.3, -0.25) is 4.57 Å². The highest BCUT2D eigenvalue weighted by Gasteiger charge is 2.21. The van der Waals surface area contributed by atoms with E-state index in [9.17, 15) is 0 Å². The predicted octanol–water partition coefficient (Wildman–Crippen LogP) is 10.4. The molecule has 2 heterocycles. The Morgan fingerprint density at radius 3 is 1.77 bits per heavy atom. The standard InChI is InChI=1S/C40H25N3/c1-2-12-26(13-3-1)29-22-23-33(31-17-7-6-16-30(29)31)39-40(42-36-20-10-9-19-35(36)41-39)43-37-21-11-8-18-32(37)34-24-27-14-4-5-15-28(27)25-38(34)43/h1-25H. The molecule has 0 unspecified atom stereocenters. The van der Waals surface area contributed by atoms with E-state index in [1.165, 1.54) is 38.1 Å². The SMILES string of the molecule is c1ccc(-c2ccc(-c3nc4ccccc4nc3-n3c4ccccc4c4cc5ccccc5cc43)c3ccccc23)cc1. The van der Waals surface area contributed by atoms with Gasteiger partial charge in [-0.25, -0.2) is 9.97 Å². The molecule has 0 saturated heterocycles. The second kappa shape index (κ2) is 9.37. The number of fused-ring (bicyclic) bond motifs is 6. The van der Waals surface area contributed by atoms with Gasteiger partial charge in [0.05, 0.1) is 22.1 Å². The summed E-state index contributed by atoms with van der Waals surface area (Å²) in [5.41, 5.74) is 8.32. The molecule has 43 heavy (non-hydrogen) atoms. The molecule has 0 radical (unpaired) electrons. The smallest absolute Gasteiger partial charge is 0.165 e. The first-order valence-electron chi connectivity index (χ1n) is 14.6. The van der Waals surface area contributed by atoms with Crippen LogP contribution in [0.5, 0.6) is 0 Å². The van der Waals surface area contributed by atoms with Crippen molar-refractivity contribution in [3.63, 3.8) is 0 Å². The largest absolute Gasteiger partial charge is 0.292 e. The summed E-state index contributed by atoms with van der Waals surface area (Å²) < 4.78 is 2.31. The second-order valence-corrected chi connectivity index (χ2v) is 11.0. The summed E-state index contributed by atoms with van der Waals surface area (Å²) in [6, 6.07) is 53.6. The zero-order chi connectivity index (χ0) is 28.3. The quantitative estimate of drug-likeness (QED) is 0.220. The monoisotopic (exact) mass is 547 g/mol. The van der Waals surface area contributed by atoms with Gasteiger partial charge in [0, 0.05) is 16.3 Å². The number of para-hydroxylation sites is 3. The average Bonchev–Trinajstić information content (AvgIpc) is 3.39. The molecule has 3 heteroatoms. The predicted molar refractivity (Wildman–Crippen MR) is 180 cm³/mol. The lowest BCUT2D eigenvalue weighted by Crippen LogP contribution is -2.04. The lowest BCUT2D eigenvalue weighted by atomic mass is 9.93. The lowest BCUT2D eigenvalue weighted by molar-refractivity contribution is 1.08. The summed E-state index contributed by atoms with van der Waals surface area (Å²) >= 11 is 0. The Bertz CT molecular complexity index is 2510. The van der Waals surface area contributed by atoms with E-state index in [4.69, 9.17) is 9.97 Å². The number of nitrogens with zero attached hydrogens (tertiary/aromatic N) is 3. The number of benzene rings is 7. The minimum absolute atomic E-state index is 0.831. The van der Waals surface area contributed by atoms with Gasteiger partial charge in [-0.1, -0.05) is 121 Å². The minimum atomic E-state index is 0.831. The van der Waals surface area contributed by atoms with Gasteiger partial charge >= 0.3 is 0 Å². The Labute approximate surface area is 248 Å². The van der Waals surface area contributed by atoms with E-state index in [-0.39, 0.29) is 0 Å². The first-order valence-corrected chi connectivity index (χ1v) is 14.6. The molecular weight excluding hydrogens is 522 g/mol. The summed E-state index contributed by atoms with van der Waals surface area (Å²) in [5.74, 6) is 0.831. The van der Waals surface area contributed by atoms with Crippen LogP contribution in [0.1, 0.15) is 0 Å². The molecule has 0 amide bonds. The molecule has 0 spiro atoms. The molecule has 0 fully saturated rings. The van der Waals surface area contributed by atoms with Crippen LogP contribution in [0.3, 0.4) is 0 Å². The van der Waals surface area contributed by atoms with Gasteiger partial charge in [-0.05, 0) is 63.0 Å². The molecule has 9 aromatic rings. The van der Waals surface area contributed by atoms with Crippen LogP contribution in [0.15, 0.2) is 152 Å². The zero-order valence-electron chi connectivity index (χ0n) is 23.3. The molecule has 0 atom stereocenters.